The molecule has 5 nitrogen and oxygen atoms in total. The highest BCUT2D eigenvalue weighted by molar-refractivity contribution is 5.92. The fourth-order valence-corrected chi connectivity index (χ4v) is 3.99. The van der Waals surface area contributed by atoms with Gasteiger partial charge in [-0.2, -0.15) is 0 Å². The lowest BCUT2D eigenvalue weighted by Crippen LogP contribution is -2.56. The topological polar surface area (TPSA) is 54.5 Å². The summed E-state index contributed by atoms with van der Waals surface area (Å²) in [5.74, 6) is 0.792. The summed E-state index contributed by atoms with van der Waals surface area (Å²) in [5.41, 5.74) is 0.554. The molecule has 0 bridgehead atoms. The van der Waals surface area contributed by atoms with E-state index < -0.39 is 0 Å². The van der Waals surface area contributed by atoms with Gasteiger partial charge in [-0.05, 0) is 37.8 Å². The van der Waals surface area contributed by atoms with Crippen LogP contribution in [-0.2, 0) is 4.74 Å². The zero-order valence-electron chi connectivity index (χ0n) is 12.8. The van der Waals surface area contributed by atoms with E-state index in [1.165, 1.54) is 6.42 Å². The number of aromatic nitrogens is 1. The van der Waals surface area contributed by atoms with Crippen molar-refractivity contribution in [1.82, 2.24) is 15.2 Å². The van der Waals surface area contributed by atoms with Crippen molar-refractivity contribution in [2.75, 3.05) is 19.7 Å². The number of ether oxygens (including phenoxy) is 1. The summed E-state index contributed by atoms with van der Waals surface area (Å²) in [6.45, 7) is 2.58. The molecule has 1 aliphatic carbocycles. The SMILES string of the molecule is O=C(c1ccccn1)N1CCC(N[C@@H]2C[C@H]3OCC[C@@H]23)CC1. The molecular weight excluding hydrogens is 278 g/mol. The Morgan fingerprint density at radius 1 is 1.27 bits per heavy atom. The number of hydrogen-bond acceptors (Lipinski definition) is 4. The van der Waals surface area contributed by atoms with Crippen molar-refractivity contribution in [2.45, 2.75) is 43.9 Å². The van der Waals surface area contributed by atoms with Crippen LogP contribution in [0.25, 0.3) is 0 Å². The standard InChI is InChI=1S/C17H23N3O2/c21-17(14-3-1-2-7-18-14)20-8-4-12(5-9-20)19-15-11-16-13(15)6-10-22-16/h1-3,7,12-13,15-16,19H,4-6,8-11H2/t13-,15+,16+/m0/s1. The highest BCUT2D eigenvalue weighted by atomic mass is 16.5. The molecule has 1 saturated carbocycles. The molecule has 2 aliphatic heterocycles. The molecule has 22 heavy (non-hydrogen) atoms. The molecule has 1 amide bonds. The lowest BCUT2D eigenvalue weighted by atomic mass is 9.75. The van der Waals surface area contributed by atoms with Gasteiger partial charge < -0.3 is 15.0 Å². The second-order valence-corrected chi connectivity index (χ2v) is 6.65. The van der Waals surface area contributed by atoms with Crippen LogP contribution in [0, 0.1) is 5.92 Å². The Labute approximate surface area is 131 Å². The predicted octanol–water partition coefficient (Wildman–Crippen LogP) is 1.45. The third-order valence-electron chi connectivity index (χ3n) is 5.38. The molecular formula is C17H23N3O2. The van der Waals surface area contributed by atoms with Gasteiger partial charge in [-0.3, -0.25) is 9.78 Å². The Hall–Kier alpha value is -1.46. The van der Waals surface area contributed by atoms with Gasteiger partial charge in [0.1, 0.15) is 5.69 Å². The Kier molecular flexibility index (Phi) is 3.84. The summed E-state index contributed by atoms with van der Waals surface area (Å²) in [5, 5.41) is 3.79. The number of hydrogen-bond donors (Lipinski definition) is 1. The fraction of sp³-hybridized carbons (Fsp3) is 0.647. The van der Waals surface area contributed by atoms with Crippen molar-refractivity contribution >= 4 is 5.91 Å². The lowest BCUT2D eigenvalue weighted by molar-refractivity contribution is 0.00103. The van der Waals surface area contributed by atoms with Crippen LogP contribution in [0.5, 0.6) is 0 Å². The number of fused-ring (bicyclic) bond motifs is 1. The molecule has 0 unspecified atom stereocenters. The van der Waals surface area contributed by atoms with E-state index in [-0.39, 0.29) is 5.91 Å². The molecule has 3 aliphatic rings. The maximum atomic E-state index is 12.4. The summed E-state index contributed by atoms with van der Waals surface area (Å²) in [7, 11) is 0. The van der Waals surface area contributed by atoms with Gasteiger partial charge in [0.25, 0.3) is 5.91 Å². The molecule has 1 N–H and O–H groups in total. The fourth-order valence-electron chi connectivity index (χ4n) is 3.99. The van der Waals surface area contributed by atoms with Gasteiger partial charge >= 0.3 is 0 Å². The zero-order chi connectivity index (χ0) is 14.9. The minimum Gasteiger partial charge on any atom is -0.378 e. The van der Waals surface area contributed by atoms with Crippen molar-refractivity contribution in [1.29, 1.82) is 0 Å². The summed E-state index contributed by atoms with van der Waals surface area (Å²) < 4.78 is 5.67. The van der Waals surface area contributed by atoms with E-state index >= 15 is 0 Å². The van der Waals surface area contributed by atoms with Crippen LogP contribution in [-0.4, -0.2) is 53.7 Å². The van der Waals surface area contributed by atoms with Crippen molar-refractivity contribution in [3.8, 4) is 0 Å². The maximum Gasteiger partial charge on any atom is 0.272 e. The molecule has 0 aromatic carbocycles. The average Bonchev–Trinajstić information content (AvgIpc) is 2.94. The molecule has 4 rings (SSSR count). The smallest absolute Gasteiger partial charge is 0.272 e. The van der Waals surface area contributed by atoms with Gasteiger partial charge in [0.2, 0.25) is 0 Å². The second kappa shape index (κ2) is 5.97. The summed E-state index contributed by atoms with van der Waals surface area (Å²) >= 11 is 0. The molecule has 5 heteroatoms. The van der Waals surface area contributed by atoms with Gasteiger partial charge in [0.15, 0.2) is 0 Å². The number of amides is 1. The van der Waals surface area contributed by atoms with Gasteiger partial charge in [-0.1, -0.05) is 6.07 Å². The first-order chi connectivity index (χ1) is 10.8. The third kappa shape index (κ3) is 2.63. The number of piperidine rings is 1. The average molecular weight is 301 g/mol. The van der Waals surface area contributed by atoms with Gasteiger partial charge in [0.05, 0.1) is 6.10 Å². The van der Waals surface area contributed by atoms with Gasteiger partial charge in [-0.15, -0.1) is 0 Å². The molecule has 3 atom stereocenters. The van der Waals surface area contributed by atoms with E-state index in [1.807, 2.05) is 17.0 Å². The Morgan fingerprint density at radius 3 is 2.86 bits per heavy atom. The second-order valence-electron chi connectivity index (χ2n) is 6.65. The number of likely N-dealkylation sites (tertiary alicyclic amines) is 1. The Balaban J connectivity index is 1.27. The van der Waals surface area contributed by atoms with Gasteiger partial charge in [0, 0.05) is 43.9 Å². The number of carbonyl (C=O) groups is 1. The highest BCUT2D eigenvalue weighted by Gasteiger charge is 2.45. The van der Waals surface area contributed by atoms with Crippen LogP contribution in [0.3, 0.4) is 0 Å². The number of nitrogens with zero attached hydrogens (tertiary/aromatic N) is 2. The zero-order valence-corrected chi connectivity index (χ0v) is 12.8. The largest absolute Gasteiger partial charge is 0.378 e. The summed E-state index contributed by atoms with van der Waals surface area (Å²) in [6.07, 6.45) is 6.64. The Bertz CT molecular complexity index is 528. The molecule has 3 heterocycles. The quantitative estimate of drug-likeness (QED) is 0.918. The summed E-state index contributed by atoms with van der Waals surface area (Å²) in [4.78, 5) is 18.5. The van der Waals surface area contributed by atoms with Crippen molar-refractivity contribution in [3.05, 3.63) is 30.1 Å². The first kappa shape index (κ1) is 14.2. The first-order valence-electron chi connectivity index (χ1n) is 8.39. The van der Waals surface area contributed by atoms with E-state index in [9.17, 15) is 4.79 Å². The van der Waals surface area contributed by atoms with Crippen LogP contribution in [0.2, 0.25) is 0 Å². The number of rotatable bonds is 3. The van der Waals surface area contributed by atoms with Crippen LogP contribution >= 0.6 is 0 Å². The molecule has 1 aromatic rings. The lowest BCUT2D eigenvalue weighted by Gasteiger charge is -2.43. The van der Waals surface area contributed by atoms with Crippen LogP contribution in [0.4, 0.5) is 0 Å². The molecule has 2 saturated heterocycles. The van der Waals surface area contributed by atoms with E-state index in [1.54, 1.807) is 12.3 Å². The van der Waals surface area contributed by atoms with E-state index in [0.717, 1.165) is 44.9 Å². The minimum absolute atomic E-state index is 0.0620. The molecule has 118 valence electrons. The molecule has 1 aromatic heterocycles. The molecule has 3 fully saturated rings. The van der Waals surface area contributed by atoms with Gasteiger partial charge in [-0.25, -0.2) is 0 Å². The molecule has 0 radical (unpaired) electrons. The maximum absolute atomic E-state index is 12.4. The van der Waals surface area contributed by atoms with E-state index in [4.69, 9.17) is 4.74 Å². The third-order valence-corrected chi connectivity index (χ3v) is 5.38. The Morgan fingerprint density at radius 2 is 2.14 bits per heavy atom. The van der Waals surface area contributed by atoms with Crippen molar-refractivity contribution in [2.24, 2.45) is 5.92 Å². The highest BCUT2D eigenvalue weighted by Crippen LogP contribution is 2.39. The van der Waals surface area contributed by atoms with Crippen LogP contribution in [0.15, 0.2) is 24.4 Å². The van der Waals surface area contributed by atoms with Crippen molar-refractivity contribution in [3.63, 3.8) is 0 Å². The molecule has 0 spiro atoms. The van der Waals surface area contributed by atoms with E-state index in [0.29, 0.717) is 23.9 Å². The monoisotopic (exact) mass is 301 g/mol. The summed E-state index contributed by atoms with van der Waals surface area (Å²) in [6, 6.07) is 6.67. The van der Waals surface area contributed by atoms with Crippen LogP contribution < -0.4 is 5.32 Å². The number of carbonyl (C=O) groups excluding carboxylic acids is 1. The normalized spacial score (nSPS) is 31.6. The number of nitrogens with one attached hydrogen (secondary N) is 1. The van der Waals surface area contributed by atoms with E-state index in [2.05, 4.69) is 10.3 Å². The van der Waals surface area contributed by atoms with Crippen molar-refractivity contribution < 1.29 is 9.53 Å². The first-order valence-corrected chi connectivity index (χ1v) is 8.39. The minimum atomic E-state index is 0.0620. The predicted molar refractivity (Wildman–Crippen MR) is 82.6 cm³/mol. The number of pyridine rings is 1. The van der Waals surface area contributed by atoms with Crippen LogP contribution in [0.1, 0.15) is 36.2 Å².